The molecule has 6 heteroatoms. The van der Waals surface area contributed by atoms with E-state index in [0.717, 1.165) is 11.3 Å². The predicted molar refractivity (Wildman–Crippen MR) is 98.6 cm³/mol. The van der Waals surface area contributed by atoms with Gasteiger partial charge in [0.05, 0.1) is 13.2 Å². The minimum atomic E-state index is -0.240. The van der Waals surface area contributed by atoms with Crippen molar-refractivity contribution in [3.63, 3.8) is 0 Å². The molecule has 2 amide bonds. The Morgan fingerprint density at radius 1 is 1.19 bits per heavy atom. The summed E-state index contributed by atoms with van der Waals surface area (Å²) >= 11 is 0. The number of hydrogen-bond donors (Lipinski definition) is 1. The fraction of sp³-hybridized carbons (Fsp3) is 0.300. The van der Waals surface area contributed by atoms with Gasteiger partial charge in [-0.1, -0.05) is 23.8 Å². The van der Waals surface area contributed by atoms with E-state index >= 15 is 0 Å². The summed E-state index contributed by atoms with van der Waals surface area (Å²) in [7, 11) is 1.59. The van der Waals surface area contributed by atoms with Crippen LogP contribution in [0, 0.1) is 6.92 Å². The Balaban J connectivity index is 1.53. The van der Waals surface area contributed by atoms with Crippen LogP contribution < -0.4 is 19.7 Å². The molecule has 1 heterocycles. The monoisotopic (exact) mass is 354 g/mol. The van der Waals surface area contributed by atoms with Gasteiger partial charge in [0.25, 0.3) is 5.91 Å². The number of nitrogens with zero attached hydrogens (tertiary/aromatic N) is 1. The van der Waals surface area contributed by atoms with E-state index in [1.165, 1.54) is 0 Å². The van der Waals surface area contributed by atoms with Crippen molar-refractivity contribution in [3.8, 4) is 11.5 Å². The molecule has 26 heavy (non-hydrogen) atoms. The molecule has 0 aromatic heterocycles. The van der Waals surface area contributed by atoms with Crippen molar-refractivity contribution >= 4 is 17.5 Å². The Hall–Kier alpha value is -3.02. The number of ether oxygens (including phenoxy) is 2. The molecule has 0 radical (unpaired) electrons. The van der Waals surface area contributed by atoms with Gasteiger partial charge in [-0.15, -0.1) is 0 Å². The van der Waals surface area contributed by atoms with Gasteiger partial charge in [0.15, 0.2) is 6.61 Å². The Bertz CT molecular complexity index is 789. The lowest BCUT2D eigenvalue weighted by Crippen LogP contribution is -2.39. The zero-order chi connectivity index (χ0) is 18.5. The quantitative estimate of drug-likeness (QED) is 0.864. The van der Waals surface area contributed by atoms with Crippen LogP contribution in [0.1, 0.15) is 12.0 Å². The molecule has 0 bridgehead atoms. The lowest BCUT2D eigenvalue weighted by atomic mass is 10.2. The second kappa shape index (κ2) is 7.91. The smallest absolute Gasteiger partial charge is 0.258 e. The zero-order valence-corrected chi connectivity index (χ0v) is 14.9. The van der Waals surface area contributed by atoms with E-state index in [1.54, 1.807) is 12.0 Å². The number of carbonyl (C=O) groups is 2. The van der Waals surface area contributed by atoms with E-state index in [2.05, 4.69) is 5.32 Å². The third-order valence-electron chi connectivity index (χ3n) is 4.25. The number of benzene rings is 2. The van der Waals surface area contributed by atoms with Crippen LogP contribution in [0.5, 0.6) is 11.5 Å². The molecule has 1 aliphatic rings. The van der Waals surface area contributed by atoms with Gasteiger partial charge in [-0.05, 0) is 31.2 Å². The SMILES string of the molecule is COc1cccc(N2C[C@@H](NC(=O)COc3ccc(C)cc3)CC2=O)c1. The average molecular weight is 354 g/mol. The molecule has 3 rings (SSSR count). The molecule has 2 aromatic rings. The molecule has 1 saturated heterocycles. The molecule has 0 spiro atoms. The Morgan fingerprint density at radius 3 is 2.69 bits per heavy atom. The molecule has 0 aliphatic carbocycles. The van der Waals surface area contributed by atoms with Crippen molar-refractivity contribution in [2.24, 2.45) is 0 Å². The zero-order valence-electron chi connectivity index (χ0n) is 14.9. The number of amides is 2. The summed E-state index contributed by atoms with van der Waals surface area (Å²) in [6.45, 7) is 2.34. The topological polar surface area (TPSA) is 67.9 Å². The van der Waals surface area contributed by atoms with E-state index in [9.17, 15) is 9.59 Å². The van der Waals surface area contributed by atoms with Gasteiger partial charge in [0.1, 0.15) is 11.5 Å². The number of hydrogen-bond acceptors (Lipinski definition) is 4. The van der Waals surface area contributed by atoms with Crippen molar-refractivity contribution in [1.29, 1.82) is 0 Å². The molecule has 1 aliphatic heterocycles. The van der Waals surface area contributed by atoms with Crippen molar-refractivity contribution in [2.75, 3.05) is 25.2 Å². The first-order valence-corrected chi connectivity index (χ1v) is 8.48. The molecule has 1 fully saturated rings. The largest absolute Gasteiger partial charge is 0.497 e. The third kappa shape index (κ3) is 4.33. The summed E-state index contributed by atoms with van der Waals surface area (Å²) in [5.41, 5.74) is 1.89. The fourth-order valence-electron chi connectivity index (χ4n) is 2.88. The molecule has 1 atom stereocenters. The van der Waals surface area contributed by atoms with Gasteiger partial charge in [-0.3, -0.25) is 9.59 Å². The molecule has 2 aromatic carbocycles. The number of aryl methyl sites for hydroxylation is 1. The van der Waals surface area contributed by atoms with E-state index in [4.69, 9.17) is 9.47 Å². The van der Waals surface area contributed by atoms with Crippen molar-refractivity contribution in [1.82, 2.24) is 5.32 Å². The number of rotatable bonds is 6. The molecular formula is C20H22N2O4. The highest BCUT2D eigenvalue weighted by molar-refractivity contribution is 5.97. The maximum absolute atomic E-state index is 12.3. The molecule has 1 N–H and O–H groups in total. The summed E-state index contributed by atoms with van der Waals surface area (Å²) in [5, 5.41) is 2.86. The highest BCUT2D eigenvalue weighted by Gasteiger charge is 2.31. The van der Waals surface area contributed by atoms with Gasteiger partial charge in [-0.2, -0.15) is 0 Å². The molecule has 0 saturated carbocycles. The first-order chi connectivity index (χ1) is 12.5. The van der Waals surface area contributed by atoms with Crippen LogP contribution in [0.15, 0.2) is 48.5 Å². The molecule has 6 nitrogen and oxygen atoms in total. The van der Waals surface area contributed by atoms with Crippen LogP contribution in [0.4, 0.5) is 5.69 Å². The van der Waals surface area contributed by atoms with Crippen LogP contribution in [0.3, 0.4) is 0 Å². The maximum Gasteiger partial charge on any atom is 0.258 e. The van der Waals surface area contributed by atoms with Gasteiger partial charge in [-0.25, -0.2) is 0 Å². The van der Waals surface area contributed by atoms with Crippen LogP contribution in [-0.4, -0.2) is 38.1 Å². The standard InChI is InChI=1S/C20H22N2O4/c1-14-6-8-17(9-7-14)26-13-19(23)21-15-10-20(24)22(12-15)16-4-3-5-18(11-16)25-2/h3-9,11,15H,10,12-13H2,1-2H3,(H,21,23)/t15-/m0/s1. The molecular weight excluding hydrogens is 332 g/mol. The van der Waals surface area contributed by atoms with Crippen LogP contribution >= 0.6 is 0 Å². The number of carbonyl (C=O) groups excluding carboxylic acids is 2. The van der Waals surface area contributed by atoms with Crippen LogP contribution in [0.2, 0.25) is 0 Å². The van der Waals surface area contributed by atoms with Gasteiger partial charge in [0, 0.05) is 24.7 Å². The molecule has 136 valence electrons. The van der Waals surface area contributed by atoms with Crippen LogP contribution in [-0.2, 0) is 9.59 Å². The number of anilines is 1. The van der Waals surface area contributed by atoms with E-state index in [-0.39, 0.29) is 30.9 Å². The average Bonchev–Trinajstić information content (AvgIpc) is 3.01. The summed E-state index contributed by atoms with van der Waals surface area (Å²) in [4.78, 5) is 26.0. The second-order valence-corrected chi connectivity index (χ2v) is 6.28. The summed E-state index contributed by atoms with van der Waals surface area (Å²) < 4.78 is 10.7. The van der Waals surface area contributed by atoms with E-state index in [1.807, 2.05) is 55.5 Å². The van der Waals surface area contributed by atoms with E-state index < -0.39 is 0 Å². The van der Waals surface area contributed by atoms with E-state index in [0.29, 0.717) is 18.0 Å². The van der Waals surface area contributed by atoms with Crippen molar-refractivity contribution in [2.45, 2.75) is 19.4 Å². The second-order valence-electron chi connectivity index (χ2n) is 6.28. The fourth-order valence-corrected chi connectivity index (χ4v) is 2.88. The van der Waals surface area contributed by atoms with Gasteiger partial charge >= 0.3 is 0 Å². The normalized spacial score (nSPS) is 16.5. The van der Waals surface area contributed by atoms with Gasteiger partial charge < -0.3 is 19.7 Å². The number of methoxy groups -OCH3 is 1. The van der Waals surface area contributed by atoms with Crippen molar-refractivity contribution in [3.05, 3.63) is 54.1 Å². The molecule has 0 unspecified atom stereocenters. The lowest BCUT2D eigenvalue weighted by Gasteiger charge is -2.18. The summed E-state index contributed by atoms with van der Waals surface area (Å²) in [6.07, 6.45) is 0.271. The van der Waals surface area contributed by atoms with Gasteiger partial charge in [0.2, 0.25) is 5.91 Å². The Labute approximate surface area is 152 Å². The first kappa shape index (κ1) is 17.8. The first-order valence-electron chi connectivity index (χ1n) is 8.48. The Kier molecular flexibility index (Phi) is 5.41. The third-order valence-corrected chi connectivity index (χ3v) is 4.25. The van der Waals surface area contributed by atoms with Crippen molar-refractivity contribution < 1.29 is 19.1 Å². The minimum absolute atomic E-state index is 0.0250. The number of nitrogens with one attached hydrogen (secondary N) is 1. The highest BCUT2D eigenvalue weighted by atomic mass is 16.5. The minimum Gasteiger partial charge on any atom is -0.497 e. The maximum atomic E-state index is 12.3. The summed E-state index contributed by atoms with van der Waals surface area (Å²) in [6, 6.07) is 14.6. The summed E-state index contributed by atoms with van der Waals surface area (Å²) in [5.74, 6) is 1.07. The highest BCUT2D eigenvalue weighted by Crippen LogP contribution is 2.25. The lowest BCUT2D eigenvalue weighted by molar-refractivity contribution is -0.123. The predicted octanol–water partition coefficient (Wildman–Crippen LogP) is 2.30. The Morgan fingerprint density at radius 2 is 1.96 bits per heavy atom. The van der Waals surface area contributed by atoms with Crippen LogP contribution in [0.25, 0.3) is 0 Å².